The highest BCUT2D eigenvalue weighted by Crippen LogP contribution is 2.23. The third kappa shape index (κ3) is 6.33. The van der Waals surface area contributed by atoms with Gasteiger partial charge in [0.25, 0.3) is 0 Å². The fraction of sp³-hybridized carbons (Fsp3) is 0.632. The van der Waals surface area contributed by atoms with Gasteiger partial charge in [-0.15, -0.1) is 12.4 Å². The zero-order chi connectivity index (χ0) is 16.7. The molecule has 1 aliphatic heterocycles. The minimum Gasteiger partial charge on any atom is -0.494 e. The van der Waals surface area contributed by atoms with Crippen molar-refractivity contribution in [2.24, 2.45) is 11.8 Å². The van der Waals surface area contributed by atoms with Crippen LogP contribution in [-0.4, -0.2) is 25.6 Å². The van der Waals surface area contributed by atoms with Gasteiger partial charge in [0.15, 0.2) is 0 Å². The molecule has 1 saturated heterocycles. The van der Waals surface area contributed by atoms with Crippen LogP contribution in [0.1, 0.15) is 44.2 Å². The molecule has 0 bridgehead atoms. The SMILES string of the molecule is CCOc1cc(C)ccc1CNC(=O)CC(C)C1CCCNC1.Cl. The summed E-state index contributed by atoms with van der Waals surface area (Å²) in [6, 6.07) is 6.12. The third-order valence-electron chi connectivity index (χ3n) is 4.65. The Morgan fingerprint density at radius 3 is 2.92 bits per heavy atom. The third-order valence-corrected chi connectivity index (χ3v) is 4.65. The average Bonchev–Trinajstić information content (AvgIpc) is 2.55. The smallest absolute Gasteiger partial charge is 0.220 e. The predicted molar refractivity (Wildman–Crippen MR) is 101 cm³/mol. The number of rotatable bonds is 7. The lowest BCUT2D eigenvalue weighted by atomic mass is 9.85. The first-order chi connectivity index (χ1) is 11.1. The first-order valence-electron chi connectivity index (χ1n) is 8.80. The predicted octanol–water partition coefficient (Wildman–Crippen LogP) is 3.46. The van der Waals surface area contributed by atoms with Crippen molar-refractivity contribution in [3.8, 4) is 5.75 Å². The minimum atomic E-state index is 0. The number of amides is 1. The fourth-order valence-electron chi connectivity index (χ4n) is 3.19. The van der Waals surface area contributed by atoms with Gasteiger partial charge >= 0.3 is 0 Å². The van der Waals surface area contributed by atoms with E-state index in [2.05, 4.69) is 23.6 Å². The number of carbonyl (C=O) groups excluding carboxylic acids is 1. The number of nitrogens with one attached hydrogen (secondary N) is 2. The largest absolute Gasteiger partial charge is 0.494 e. The summed E-state index contributed by atoms with van der Waals surface area (Å²) in [4.78, 5) is 12.2. The lowest BCUT2D eigenvalue weighted by Gasteiger charge is -2.28. The summed E-state index contributed by atoms with van der Waals surface area (Å²) in [6.45, 7) is 9.54. The van der Waals surface area contributed by atoms with Crippen molar-refractivity contribution in [3.05, 3.63) is 29.3 Å². The van der Waals surface area contributed by atoms with Crippen molar-refractivity contribution >= 4 is 18.3 Å². The molecule has 0 aliphatic carbocycles. The van der Waals surface area contributed by atoms with Crippen LogP contribution in [0.25, 0.3) is 0 Å². The molecule has 1 aromatic carbocycles. The fourth-order valence-corrected chi connectivity index (χ4v) is 3.19. The van der Waals surface area contributed by atoms with Gasteiger partial charge in [0.05, 0.1) is 6.61 Å². The highest BCUT2D eigenvalue weighted by atomic mass is 35.5. The molecule has 136 valence electrons. The zero-order valence-corrected chi connectivity index (χ0v) is 15.9. The minimum absolute atomic E-state index is 0. The van der Waals surface area contributed by atoms with E-state index in [9.17, 15) is 4.79 Å². The number of ether oxygens (including phenoxy) is 1. The van der Waals surface area contributed by atoms with E-state index in [1.165, 1.54) is 18.4 Å². The van der Waals surface area contributed by atoms with E-state index in [-0.39, 0.29) is 18.3 Å². The summed E-state index contributed by atoms with van der Waals surface area (Å²) in [5, 5.41) is 6.47. The molecule has 1 aromatic rings. The average molecular weight is 355 g/mol. The molecule has 0 spiro atoms. The summed E-state index contributed by atoms with van der Waals surface area (Å²) in [6.07, 6.45) is 3.05. The van der Waals surface area contributed by atoms with Gasteiger partial charge in [-0.1, -0.05) is 19.1 Å². The van der Waals surface area contributed by atoms with Gasteiger partial charge in [0.2, 0.25) is 5.91 Å². The number of piperidine rings is 1. The molecule has 0 aromatic heterocycles. The van der Waals surface area contributed by atoms with E-state index in [1.54, 1.807) is 0 Å². The van der Waals surface area contributed by atoms with E-state index < -0.39 is 0 Å². The topological polar surface area (TPSA) is 50.4 Å². The van der Waals surface area contributed by atoms with Crippen molar-refractivity contribution < 1.29 is 9.53 Å². The van der Waals surface area contributed by atoms with Gasteiger partial charge in [-0.05, 0) is 63.2 Å². The zero-order valence-electron chi connectivity index (χ0n) is 15.1. The van der Waals surface area contributed by atoms with Crippen LogP contribution in [0.15, 0.2) is 18.2 Å². The molecule has 2 atom stereocenters. The van der Waals surface area contributed by atoms with Crippen LogP contribution in [-0.2, 0) is 11.3 Å². The molecule has 0 radical (unpaired) electrons. The van der Waals surface area contributed by atoms with E-state index in [4.69, 9.17) is 4.74 Å². The molecule has 2 N–H and O–H groups in total. The number of hydrogen-bond donors (Lipinski definition) is 2. The van der Waals surface area contributed by atoms with Gasteiger partial charge in [0, 0.05) is 18.5 Å². The Kier molecular flexibility index (Phi) is 9.16. The second-order valence-electron chi connectivity index (χ2n) is 6.61. The van der Waals surface area contributed by atoms with Crippen LogP contribution in [0.3, 0.4) is 0 Å². The van der Waals surface area contributed by atoms with E-state index >= 15 is 0 Å². The number of carbonyl (C=O) groups is 1. The number of aryl methyl sites for hydroxylation is 1. The molecule has 24 heavy (non-hydrogen) atoms. The molecule has 5 heteroatoms. The van der Waals surface area contributed by atoms with Crippen LogP contribution in [0, 0.1) is 18.8 Å². The highest BCUT2D eigenvalue weighted by molar-refractivity contribution is 5.85. The number of hydrogen-bond acceptors (Lipinski definition) is 3. The Labute approximate surface area is 152 Å². The maximum absolute atomic E-state index is 12.2. The lowest BCUT2D eigenvalue weighted by molar-refractivity contribution is -0.122. The van der Waals surface area contributed by atoms with Crippen molar-refractivity contribution in [1.82, 2.24) is 10.6 Å². The van der Waals surface area contributed by atoms with Crippen LogP contribution in [0.4, 0.5) is 0 Å². The normalized spacial score (nSPS) is 18.4. The van der Waals surface area contributed by atoms with Crippen LogP contribution in [0.2, 0.25) is 0 Å². The van der Waals surface area contributed by atoms with E-state index in [0.717, 1.165) is 24.4 Å². The molecule has 0 saturated carbocycles. The Hall–Kier alpha value is -1.26. The van der Waals surface area contributed by atoms with Crippen molar-refractivity contribution in [3.63, 3.8) is 0 Å². The number of benzene rings is 1. The number of halogens is 1. The van der Waals surface area contributed by atoms with E-state index in [1.807, 2.05) is 26.0 Å². The van der Waals surface area contributed by atoms with Gasteiger partial charge in [-0.25, -0.2) is 0 Å². The van der Waals surface area contributed by atoms with Crippen molar-refractivity contribution in [2.75, 3.05) is 19.7 Å². The van der Waals surface area contributed by atoms with Gasteiger partial charge in [-0.3, -0.25) is 4.79 Å². The Bertz CT molecular complexity index is 516. The Morgan fingerprint density at radius 1 is 1.46 bits per heavy atom. The molecule has 2 rings (SSSR count). The van der Waals surface area contributed by atoms with Crippen molar-refractivity contribution in [2.45, 2.75) is 46.6 Å². The molecule has 1 fully saturated rings. The highest BCUT2D eigenvalue weighted by Gasteiger charge is 2.22. The molecular formula is C19H31ClN2O2. The van der Waals surface area contributed by atoms with Gasteiger partial charge in [-0.2, -0.15) is 0 Å². The second-order valence-corrected chi connectivity index (χ2v) is 6.61. The first-order valence-corrected chi connectivity index (χ1v) is 8.80. The van der Waals surface area contributed by atoms with Crippen LogP contribution >= 0.6 is 12.4 Å². The summed E-state index contributed by atoms with van der Waals surface area (Å²) < 4.78 is 5.67. The molecule has 1 aliphatic rings. The van der Waals surface area contributed by atoms with Crippen LogP contribution < -0.4 is 15.4 Å². The Morgan fingerprint density at radius 2 is 2.25 bits per heavy atom. The second kappa shape index (κ2) is 10.6. The van der Waals surface area contributed by atoms with Gasteiger partial charge in [0.1, 0.15) is 5.75 Å². The summed E-state index contributed by atoms with van der Waals surface area (Å²) in [7, 11) is 0. The molecule has 1 amide bonds. The monoisotopic (exact) mass is 354 g/mol. The molecule has 4 nitrogen and oxygen atoms in total. The van der Waals surface area contributed by atoms with Gasteiger partial charge < -0.3 is 15.4 Å². The lowest BCUT2D eigenvalue weighted by Crippen LogP contribution is -2.35. The van der Waals surface area contributed by atoms with Crippen molar-refractivity contribution in [1.29, 1.82) is 0 Å². The standard InChI is InChI=1S/C19H30N2O2.ClH/c1-4-23-18-10-14(2)7-8-17(18)13-21-19(22)11-15(3)16-6-5-9-20-12-16;/h7-8,10,15-16,20H,4-6,9,11-13H2,1-3H3,(H,21,22);1H. The first kappa shape index (κ1) is 20.8. The summed E-state index contributed by atoms with van der Waals surface area (Å²) in [5.41, 5.74) is 2.21. The maximum atomic E-state index is 12.2. The van der Waals surface area contributed by atoms with E-state index in [0.29, 0.717) is 31.4 Å². The maximum Gasteiger partial charge on any atom is 0.220 e. The molecule has 2 unspecified atom stereocenters. The van der Waals surface area contributed by atoms with Crippen LogP contribution in [0.5, 0.6) is 5.75 Å². The Balaban J connectivity index is 0.00000288. The quantitative estimate of drug-likeness (QED) is 0.788. The molecule has 1 heterocycles. The summed E-state index contributed by atoms with van der Waals surface area (Å²) in [5.74, 6) is 2.04. The molecular weight excluding hydrogens is 324 g/mol. The summed E-state index contributed by atoms with van der Waals surface area (Å²) >= 11 is 0.